The SMILES string of the molecule is Nc1ncc(-c2cccc(N3CCNCC3)c2)nc1-c1nc2ccc(F)cc2[nH]1. The summed E-state index contributed by atoms with van der Waals surface area (Å²) in [5.41, 5.74) is 10.6. The highest BCUT2D eigenvalue weighted by Crippen LogP contribution is 2.28. The van der Waals surface area contributed by atoms with Crippen molar-refractivity contribution in [2.45, 2.75) is 0 Å². The van der Waals surface area contributed by atoms with Crippen molar-refractivity contribution in [2.24, 2.45) is 0 Å². The Hall–Kier alpha value is -3.52. The van der Waals surface area contributed by atoms with Gasteiger partial charge in [-0.2, -0.15) is 0 Å². The minimum Gasteiger partial charge on any atom is -0.382 e. The summed E-state index contributed by atoms with van der Waals surface area (Å²) in [5, 5.41) is 3.37. The van der Waals surface area contributed by atoms with E-state index in [2.05, 4.69) is 37.3 Å². The molecule has 1 aliphatic heterocycles. The third-order valence-electron chi connectivity index (χ3n) is 5.09. The first-order valence-corrected chi connectivity index (χ1v) is 9.52. The normalized spacial score (nSPS) is 14.4. The molecule has 0 aliphatic carbocycles. The van der Waals surface area contributed by atoms with Crippen LogP contribution in [0.15, 0.2) is 48.7 Å². The fourth-order valence-corrected chi connectivity index (χ4v) is 3.59. The van der Waals surface area contributed by atoms with E-state index in [4.69, 9.17) is 10.7 Å². The number of halogens is 1. The van der Waals surface area contributed by atoms with Crippen molar-refractivity contribution in [2.75, 3.05) is 36.8 Å². The van der Waals surface area contributed by atoms with E-state index in [9.17, 15) is 4.39 Å². The number of aromatic nitrogens is 4. The van der Waals surface area contributed by atoms with Crippen LogP contribution in [0, 0.1) is 5.82 Å². The smallest absolute Gasteiger partial charge is 0.161 e. The van der Waals surface area contributed by atoms with E-state index >= 15 is 0 Å². The lowest BCUT2D eigenvalue weighted by Crippen LogP contribution is -2.43. The second-order valence-electron chi connectivity index (χ2n) is 7.02. The second-order valence-corrected chi connectivity index (χ2v) is 7.02. The highest BCUT2D eigenvalue weighted by atomic mass is 19.1. The number of hydrogen-bond acceptors (Lipinski definition) is 6. The maximum absolute atomic E-state index is 13.5. The molecule has 4 N–H and O–H groups in total. The number of nitrogen functional groups attached to an aromatic ring is 1. The lowest BCUT2D eigenvalue weighted by molar-refractivity contribution is 0.589. The van der Waals surface area contributed by atoms with Gasteiger partial charge in [-0.25, -0.2) is 19.3 Å². The summed E-state index contributed by atoms with van der Waals surface area (Å²) < 4.78 is 13.5. The van der Waals surface area contributed by atoms with Gasteiger partial charge < -0.3 is 20.9 Å². The van der Waals surface area contributed by atoms with Gasteiger partial charge in [0.2, 0.25) is 0 Å². The predicted molar refractivity (Wildman–Crippen MR) is 112 cm³/mol. The molecule has 0 radical (unpaired) electrons. The van der Waals surface area contributed by atoms with Gasteiger partial charge in [0.05, 0.1) is 22.9 Å². The molecule has 29 heavy (non-hydrogen) atoms. The van der Waals surface area contributed by atoms with Gasteiger partial charge in [-0.05, 0) is 30.3 Å². The van der Waals surface area contributed by atoms with Gasteiger partial charge in [0.25, 0.3) is 0 Å². The van der Waals surface area contributed by atoms with Crippen molar-refractivity contribution in [1.82, 2.24) is 25.3 Å². The molecule has 4 aromatic rings. The molecular weight excluding hydrogens is 369 g/mol. The number of anilines is 2. The monoisotopic (exact) mass is 389 g/mol. The summed E-state index contributed by atoms with van der Waals surface area (Å²) in [6.45, 7) is 3.89. The third kappa shape index (κ3) is 3.38. The van der Waals surface area contributed by atoms with Crippen LogP contribution in [0.4, 0.5) is 15.9 Å². The van der Waals surface area contributed by atoms with Crippen LogP contribution >= 0.6 is 0 Å². The summed E-state index contributed by atoms with van der Waals surface area (Å²) in [6.07, 6.45) is 1.66. The van der Waals surface area contributed by atoms with Crippen molar-refractivity contribution < 1.29 is 4.39 Å². The van der Waals surface area contributed by atoms with Crippen LogP contribution < -0.4 is 16.0 Å². The Labute approximate surface area is 166 Å². The summed E-state index contributed by atoms with van der Waals surface area (Å²) in [6, 6.07) is 12.6. The molecule has 2 aromatic carbocycles. The van der Waals surface area contributed by atoms with Crippen LogP contribution in [-0.4, -0.2) is 46.1 Å². The standard InChI is InChI=1S/C21H20FN7/c22-14-4-5-16-17(11-14)28-21(27-16)19-20(23)25-12-18(26-19)13-2-1-3-15(10-13)29-8-6-24-7-9-29/h1-5,10-12,24H,6-9H2,(H2,23,25)(H,27,28). The molecular formula is C21H20FN7. The maximum Gasteiger partial charge on any atom is 0.161 e. The Morgan fingerprint density at radius 3 is 2.76 bits per heavy atom. The van der Waals surface area contributed by atoms with E-state index < -0.39 is 0 Å². The molecule has 2 aromatic heterocycles. The molecule has 1 aliphatic rings. The highest BCUT2D eigenvalue weighted by Gasteiger charge is 2.15. The van der Waals surface area contributed by atoms with E-state index in [-0.39, 0.29) is 11.6 Å². The second kappa shape index (κ2) is 7.14. The average Bonchev–Trinajstić information content (AvgIpc) is 3.18. The molecule has 0 bridgehead atoms. The molecule has 0 saturated carbocycles. The van der Waals surface area contributed by atoms with Gasteiger partial charge in [0.1, 0.15) is 11.5 Å². The number of piperazine rings is 1. The maximum atomic E-state index is 13.5. The molecule has 3 heterocycles. The molecule has 0 atom stereocenters. The molecule has 1 saturated heterocycles. The first-order valence-electron chi connectivity index (χ1n) is 9.52. The van der Waals surface area contributed by atoms with E-state index in [0.717, 1.165) is 37.4 Å². The van der Waals surface area contributed by atoms with Crippen molar-refractivity contribution in [3.63, 3.8) is 0 Å². The number of nitrogens with two attached hydrogens (primary N) is 1. The Kier molecular flexibility index (Phi) is 4.33. The van der Waals surface area contributed by atoms with Crippen LogP contribution in [0.1, 0.15) is 0 Å². The van der Waals surface area contributed by atoms with Crippen LogP contribution in [0.5, 0.6) is 0 Å². The molecule has 7 nitrogen and oxygen atoms in total. The lowest BCUT2D eigenvalue weighted by atomic mass is 10.1. The van der Waals surface area contributed by atoms with Crippen molar-refractivity contribution in [1.29, 1.82) is 0 Å². The van der Waals surface area contributed by atoms with Gasteiger partial charge in [0.15, 0.2) is 11.6 Å². The van der Waals surface area contributed by atoms with Gasteiger partial charge >= 0.3 is 0 Å². The summed E-state index contributed by atoms with van der Waals surface area (Å²) in [5.74, 6) is 0.410. The van der Waals surface area contributed by atoms with Gasteiger partial charge in [0, 0.05) is 37.4 Å². The van der Waals surface area contributed by atoms with Crippen molar-refractivity contribution in [3.8, 4) is 22.8 Å². The number of nitrogens with one attached hydrogen (secondary N) is 2. The molecule has 146 valence electrons. The number of H-pyrrole nitrogens is 1. The van der Waals surface area contributed by atoms with E-state index in [1.54, 1.807) is 12.3 Å². The largest absolute Gasteiger partial charge is 0.382 e. The molecule has 5 rings (SSSR count). The minimum absolute atomic E-state index is 0.270. The van der Waals surface area contributed by atoms with Crippen molar-refractivity contribution in [3.05, 3.63) is 54.5 Å². The van der Waals surface area contributed by atoms with Crippen LogP contribution in [-0.2, 0) is 0 Å². The van der Waals surface area contributed by atoms with Crippen LogP contribution in [0.3, 0.4) is 0 Å². The fraction of sp³-hybridized carbons (Fsp3) is 0.190. The quantitative estimate of drug-likeness (QED) is 0.499. The van der Waals surface area contributed by atoms with Gasteiger partial charge in [-0.3, -0.25) is 0 Å². The van der Waals surface area contributed by atoms with Crippen LogP contribution in [0.2, 0.25) is 0 Å². The molecule has 0 spiro atoms. The van der Waals surface area contributed by atoms with Crippen LogP contribution in [0.25, 0.3) is 33.8 Å². The molecule has 1 fully saturated rings. The number of fused-ring (bicyclic) bond motifs is 1. The van der Waals surface area contributed by atoms with E-state index in [1.165, 1.54) is 12.1 Å². The number of aromatic amines is 1. The molecule has 0 amide bonds. The number of rotatable bonds is 3. The Morgan fingerprint density at radius 1 is 1.03 bits per heavy atom. The number of imidazole rings is 1. The van der Waals surface area contributed by atoms with Gasteiger partial charge in [-0.1, -0.05) is 12.1 Å². The average molecular weight is 389 g/mol. The molecule has 8 heteroatoms. The summed E-state index contributed by atoms with van der Waals surface area (Å²) in [4.78, 5) is 19.0. The Bertz CT molecular complexity index is 1180. The van der Waals surface area contributed by atoms with Crippen molar-refractivity contribution >= 4 is 22.5 Å². The number of hydrogen-bond donors (Lipinski definition) is 3. The first kappa shape index (κ1) is 17.6. The highest BCUT2D eigenvalue weighted by molar-refractivity contribution is 5.81. The van der Waals surface area contributed by atoms with E-state index in [0.29, 0.717) is 28.2 Å². The first-order chi connectivity index (χ1) is 14.2. The minimum atomic E-state index is -0.328. The lowest BCUT2D eigenvalue weighted by Gasteiger charge is -2.29. The zero-order valence-electron chi connectivity index (χ0n) is 15.7. The molecule has 0 unspecified atom stereocenters. The summed E-state index contributed by atoms with van der Waals surface area (Å²) in [7, 11) is 0. The Balaban J connectivity index is 1.53. The number of benzene rings is 2. The van der Waals surface area contributed by atoms with Gasteiger partial charge in [-0.15, -0.1) is 0 Å². The third-order valence-corrected chi connectivity index (χ3v) is 5.09. The number of nitrogens with zero attached hydrogens (tertiary/aromatic N) is 4. The van der Waals surface area contributed by atoms with E-state index in [1.807, 2.05) is 12.1 Å². The zero-order chi connectivity index (χ0) is 19.8. The predicted octanol–water partition coefficient (Wildman–Crippen LogP) is 2.82. The fourth-order valence-electron chi connectivity index (χ4n) is 3.59. The zero-order valence-corrected chi connectivity index (χ0v) is 15.7. The summed E-state index contributed by atoms with van der Waals surface area (Å²) >= 11 is 0. The topological polar surface area (TPSA) is 95.8 Å². The Morgan fingerprint density at radius 2 is 1.90 bits per heavy atom.